The minimum absolute atomic E-state index is 0.0263. The first kappa shape index (κ1) is 15.7. The van der Waals surface area contributed by atoms with Gasteiger partial charge in [0.15, 0.2) is 15.6 Å². The van der Waals surface area contributed by atoms with Gasteiger partial charge in [0, 0.05) is 18.2 Å². The van der Waals surface area contributed by atoms with Crippen molar-refractivity contribution in [3.8, 4) is 11.3 Å². The molecule has 2 heterocycles. The number of nitrogens with zero attached hydrogens (tertiary/aromatic N) is 2. The number of hydrogen-bond donors (Lipinski definition) is 0. The second-order valence-electron chi connectivity index (χ2n) is 5.58. The Morgan fingerprint density at radius 3 is 2.70 bits per heavy atom. The van der Waals surface area contributed by atoms with E-state index in [4.69, 9.17) is 4.52 Å². The first-order valence-corrected chi connectivity index (χ1v) is 9.35. The topological polar surface area (TPSA) is 80.5 Å². The SMILES string of the molecule is CCN(C(=O)c1cnoc1-c1ccccc1)C1CCS(=O)(=O)C1. The maximum atomic E-state index is 12.9. The Labute approximate surface area is 135 Å². The molecule has 1 fully saturated rings. The van der Waals surface area contributed by atoms with Gasteiger partial charge >= 0.3 is 0 Å². The van der Waals surface area contributed by atoms with Gasteiger partial charge in [-0.2, -0.15) is 0 Å². The number of rotatable bonds is 4. The number of hydrogen-bond acceptors (Lipinski definition) is 5. The average Bonchev–Trinajstić information content (AvgIpc) is 3.15. The van der Waals surface area contributed by atoms with Gasteiger partial charge in [0.2, 0.25) is 0 Å². The van der Waals surface area contributed by atoms with Gasteiger partial charge in [-0.3, -0.25) is 4.79 Å². The quantitative estimate of drug-likeness (QED) is 0.854. The van der Waals surface area contributed by atoms with Crippen molar-refractivity contribution in [2.75, 3.05) is 18.1 Å². The van der Waals surface area contributed by atoms with Crippen LogP contribution in [0.15, 0.2) is 41.1 Å². The minimum atomic E-state index is -3.05. The molecule has 1 aromatic carbocycles. The molecule has 2 aromatic rings. The number of benzene rings is 1. The van der Waals surface area contributed by atoms with Crippen LogP contribution in [-0.4, -0.2) is 48.5 Å². The molecule has 7 heteroatoms. The molecule has 1 amide bonds. The molecule has 0 radical (unpaired) electrons. The van der Waals surface area contributed by atoms with E-state index in [9.17, 15) is 13.2 Å². The van der Waals surface area contributed by atoms with Gasteiger partial charge < -0.3 is 9.42 Å². The Morgan fingerprint density at radius 1 is 1.35 bits per heavy atom. The van der Waals surface area contributed by atoms with Gasteiger partial charge in [-0.1, -0.05) is 35.5 Å². The van der Waals surface area contributed by atoms with Crippen LogP contribution in [0, 0.1) is 0 Å². The summed E-state index contributed by atoms with van der Waals surface area (Å²) in [5.41, 5.74) is 1.13. The molecule has 1 aliphatic rings. The zero-order chi connectivity index (χ0) is 16.4. The summed E-state index contributed by atoms with van der Waals surface area (Å²) in [7, 11) is -3.05. The molecule has 23 heavy (non-hydrogen) atoms. The molecule has 0 spiro atoms. The Balaban J connectivity index is 1.90. The van der Waals surface area contributed by atoms with E-state index in [2.05, 4.69) is 5.16 Å². The number of amides is 1. The highest BCUT2D eigenvalue weighted by Crippen LogP contribution is 2.26. The van der Waals surface area contributed by atoms with E-state index in [1.165, 1.54) is 6.20 Å². The second-order valence-corrected chi connectivity index (χ2v) is 7.81. The van der Waals surface area contributed by atoms with E-state index in [1.54, 1.807) is 4.90 Å². The number of aromatic nitrogens is 1. The summed E-state index contributed by atoms with van der Waals surface area (Å²) in [5.74, 6) is 0.333. The maximum Gasteiger partial charge on any atom is 0.259 e. The van der Waals surface area contributed by atoms with E-state index in [1.807, 2.05) is 37.3 Å². The monoisotopic (exact) mass is 334 g/mol. The van der Waals surface area contributed by atoms with Crippen molar-refractivity contribution < 1.29 is 17.7 Å². The fraction of sp³-hybridized carbons (Fsp3) is 0.375. The van der Waals surface area contributed by atoms with Crippen molar-refractivity contribution in [2.24, 2.45) is 0 Å². The van der Waals surface area contributed by atoms with Gasteiger partial charge in [0.1, 0.15) is 5.56 Å². The van der Waals surface area contributed by atoms with Crippen LogP contribution in [0.25, 0.3) is 11.3 Å². The summed E-state index contributed by atoms with van der Waals surface area (Å²) < 4.78 is 28.6. The zero-order valence-electron chi connectivity index (χ0n) is 12.8. The van der Waals surface area contributed by atoms with E-state index in [0.717, 1.165) is 5.56 Å². The molecule has 1 aromatic heterocycles. The van der Waals surface area contributed by atoms with Crippen molar-refractivity contribution in [3.05, 3.63) is 42.1 Å². The molecule has 0 N–H and O–H groups in total. The standard InChI is InChI=1S/C16H18N2O4S/c1-2-18(13-8-9-23(20,21)11-13)16(19)14-10-17-22-15(14)12-6-4-3-5-7-12/h3-7,10,13H,2,8-9,11H2,1H3. The highest BCUT2D eigenvalue weighted by Gasteiger charge is 2.35. The third-order valence-electron chi connectivity index (χ3n) is 4.09. The van der Waals surface area contributed by atoms with Crippen LogP contribution in [0.2, 0.25) is 0 Å². The Morgan fingerprint density at radius 2 is 2.09 bits per heavy atom. The molecule has 1 atom stereocenters. The maximum absolute atomic E-state index is 12.9. The Hall–Kier alpha value is -2.15. The molecule has 0 aliphatic carbocycles. The summed E-state index contributed by atoms with van der Waals surface area (Å²) in [6.07, 6.45) is 1.88. The number of sulfone groups is 1. The number of carbonyl (C=O) groups excluding carboxylic acids is 1. The Bertz CT molecular complexity index is 798. The van der Waals surface area contributed by atoms with E-state index >= 15 is 0 Å². The molecule has 1 saturated heterocycles. The van der Waals surface area contributed by atoms with Gasteiger partial charge in [-0.25, -0.2) is 8.42 Å². The van der Waals surface area contributed by atoms with Crippen LogP contribution in [-0.2, 0) is 9.84 Å². The lowest BCUT2D eigenvalue weighted by Crippen LogP contribution is -2.41. The molecular formula is C16H18N2O4S. The molecule has 1 aliphatic heterocycles. The highest BCUT2D eigenvalue weighted by atomic mass is 32.2. The van der Waals surface area contributed by atoms with E-state index < -0.39 is 9.84 Å². The predicted molar refractivity (Wildman–Crippen MR) is 85.7 cm³/mol. The molecule has 0 bridgehead atoms. The molecule has 3 rings (SSSR count). The molecule has 122 valence electrons. The van der Waals surface area contributed by atoms with Crippen molar-refractivity contribution in [2.45, 2.75) is 19.4 Å². The molecule has 0 saturated carbocycles. The van der Waals surface area contributed by atoms with Crippen LogP contribution < -0.4 is 0 Å². The van der Waals surface area contributed by atoms with Crippen molar-refractivity contribution in [1.82, 2.24) is 10.1 Å². The summed E-state index contributed by atoms with van der Waals surface area (Å²) in [6, 6.07) is 8.99. The summed E-state index contributed by atoms with van der Waals surface area (Å²) in [6.45, 7) is 2.29. The third-order valence-corrected chi connectivity index (χ3v) is 5.84. The van der Waals surface area contributed by atoms with Crippen LogP contribution in [0.4, 0.5) is 0 Å². The summed E-state index contributed by atoms with van der Waals surface area (Å²) in [4.78, 5) is 14.5. The molecule has 1 unspecified atom stereocenters. The van der Waals surface area contributed by atoms with Crippen LogP contribution in [0.3, 0.4) is 0 Å². The van der Waals surface area contributed by atoms with E-state index in [-0.39, 0.29) is 23.5 Å². The van der Waals surface area contributed by atoms with Crippen LogP contribution in [0.1, 0.15) is 23.7 Å². The van der Waals surface area contributed by atoms with Crippen molar-refractivity contribution >= 4 is 15.7 Å². The average molecular weight is 334 g/mol. The van der Waals surface area contributed by atoms with Gasteiger partial charge in [0.05, 0.1) is 17.7 Å². The Kier molecular flexibility index (Phi) is 4.21. The summed E-state index contributed by atoms with van der Waals surface area (Å²) in [5, 5.41) is 3.75. The third kappa shape index (κ3) is 3.14. The van der Waals surface area contributed by atoms with Crippen LogP contribution in [0.5, 0.6) is 0 Å². The van der Waals surface area contributed by atoms with Crippen molar-refractivity contribution in [3.63, 3.8) is 0 Å². The lowest BCUT2D eigenvalue weighted by atomic mass is 10.1. The zero-order valence-corrected chi connectivity index (χ0v) is 13.6. The van der Waals surface area contributed by atoms with E-state index in [0.29, 0.717) is 24.3 Å². The highest BCUT2D eigenvalue weighted by molar-refractivity contribution is 7.91. The minimum Gasteiger partial charge on any atom is -0.355 e. The fourth-order valence-corrected chi connectivity index (χ4v) is 4.66. The van der Waals surface area contributed by atoms with Gasteiger partial charge in [-0.05, 0) is 13.3 Å². The lowest BCUT2D eigenvalue weighted by molar-refractivity contribution is 0.0708. The van der Waals surface area contributed by atoms with Crippen LogP contribution >= 0.6 is 0 Å². The molecular weight excluding hydrogens is 316 g/mol. The summed E-state index contributed by atoms with van der Waals surface area (Å²) >= 11 is 0. The van der Waals surface area contributed by atoms with Crippen molar-refractivity contribution in [1.29, 1.82) is 0 Å². The predicted octanol–water partition coefficient (Wildman–Crippen LogP) is 1.99. The van der Waals surface area contributed by atoms with Gasteiger partial charge in [0.25, 0.3) is 5.91 Å². The first-order valence-electron chi connectivity index (χ1n) is 7.53. The normalized spacial score (nSPS) is 19.6. The fourth-order valence-electron chi connectivity index (χ4n) is 2.93. The largest absolute Gasteiger partial charge is 0.355 e. The lowest BCUT2D eigenvalue weighted by Gasteiger charge is -2.26. The first-order chi connectivity index (χ1) is 11.0. The second kappa shape index (κ2) is 6.16. The molecule has 6 nitrogen and oxygen atoms in total. The van der Waals surface area contributed by atoms with Gasteiger partial charge in [-0.15, -0.1) is 0 Å². The smallest absolute Gasteiger partial charge is 0.259 e. The number of carbonyl (C=O) groups is 1.